The normalized spacial score (nSPS) is 16.9. The van der Waals surface area contributed by atoms with E-state index in [1.165, 1.54) is 12.1 Å². The van der Waals surface area contributed by atoms with E-state index in [-0.39, 0.29) is 30.0 Å². The number of piperazine rings is 1. The fourth-order valence-corrected chi connectivity index (χ4v) is 3.74. The molecule has 2 aromatic heterocycles. The number of nitrogens with zero attached hydrogens (tertiary/aromatic N) is 5. The Labute approximate surface area is 180 Å². The Morgan fingerprint density at radius 2 is 1.93 bits per heavy atom. The van der Waals surface area contributed by atoms with Gasteiger partial charge in [-0.1, -0.05) is 0 Å². The number of Topliss-reactive ketones (excluding diaryl/α,β-unsaturated/α-hetero) is 1. The van der Waals surface area contributed by atoms with Crippen LogP contribution in [0.2, 0.25) is 0 Å². The average Bonchev–Trinajstić information content (AvgIpc) is 3.24. The van der Waals surface area contributed by atoms with E-state index in [1.54, 1.807) is 24.7 Å². The highest BCUT2D eigenvalue weighted by atomic mass is 35.5. The monoisotopic (exact) mass is 430 g/mol. The second kappa shape index (κ2) is 9.77. The standard InChI is InChI=1S/C21H23FN6O.ClH/c1-15-14-27(11-12-28(15)17-5-3-16(22)4-6-17)10-7-19(29)18-13-25-26-20(18)21-23-8-2-9-24-21;/h2-6,8-9,13,15H,7,10-12,14H2,1H3,(H,25,26);1H. The summed E-state index contributed by atoms with van der Waals surface area (Å²) < 4.78 is 13.2. The SMILES string of the molecule is CC1CN(CCC(=O)c2cn[nH]c2-c2ncccn2)CCN1c1ccc(F)cc1.Cl. The maximum Gasteiger partial charge on any atom is 0.178 e. The fraction of sp³-hybridized carbons (Fsp3) is 0.333. The molecule has 3 heterocycles. The number of carbonyl (C=O) groups is 1. The summed E-state index contributed by atoms with van der Waals surface area (Å²) in [7, 11) is 0. The lowest BCUT2D eigenvalue weighted by atomic mass is 10.1. The van der Waals surface area contributed by atoms with Crippen molar-refractivity contribution in [3.05, 3.63) is 60.3 Å². The lowest BCUT2D eigenvalue weighted by Gasteiger charge is -2.41. The molecule has 3 aromatic rings. The number of benzene rings is 1. The van der Waals surface area contributed by atoms with Crippen LogP contribution >= 0.6 is 12.4 Å². The maximum absolute atomic E-state index is 13.2. The van der Waals surface area contributed by atoms with Crippen LogP contribution in [0.15, 0.2) is 48.9 Å². The Morgan fingerprint density at radius 3 is 2.63 bits per heavy atom. The van der Waals surface area contributed by atoms with Crippen molar-refractivity contribution in [3.63, 3.8) is 0 Å². The number of ketones is 1. The van der Waals surface area contributed by atoms with Gasteiger partial charge in [-0.25, -0.2) is 14.4 Å². The molecule has 9 heteroatoms. The number of aromatic nitrogens is 4. The average molecular weight is 431 g/mol. The van der Waals surface area contributed by atoms with E-state index in [4.69, 9.17) is 0 Å². The number of hydrogen-bond donors (Lipinski definition) is 1. The first-order valence-corrected chi connectivity index (χ1v) is 9.70. The van der Waals surface area contributed by atoms with E-state index in [1.807, 2.05) is 12.1 Å². The van der Waals surface area contributed by atoms with Crippen LogP contribution in [0.4, 0.5) is 10.1 Å². The first-order valence-electron chi connectivity index (χ1n) is 9.70. The van der Waals surface area contributed by atoms with Gasteiger partial charge in [-0.05, 0) is 37.3 Å². The van der Waals surface area contributed by atoms with Gasteiger partial charge >= 0.3 is 0 Å². The van der Waals surface area contributed by atoms with Crippen molar-refractivity contribution in [2.24, 2.45) is 0 Å². The highest BCUT2D eigenvalue weighted by Crippen LogP contribution is 2.22. The molecule has 1 saturated heterocycles. The van der Waals surface area contributed by atoms with Crippen molar-refractivity contribution in [1.29, 1.82) is 0 Å². The summed E-state index contributed by atoms with van der Waals surface area (Å²) >= 11 is 0. The van der Waals surface area contributed by atoms with Crippen LogP contribution < -0.4 is 4.90 Å². The van der Waals surface area contributed by atoms with E-state index in [0.717, 1.165) is 25.3 Å². The molecule has 0 aliphatic carbocycles. The van der Waals surface area contributed by atoms with Crippen LogP contribution in [0, 0.1) is 5.82 Å². The minimum Gasteiger partial charge on any atom is -0.366 e. The molecule has 0 radical (unpaired) electrons. The third-order valence-corrected chi connectivity index (χ3v) is 5.25. The zero-order chi connectivity index (χ0) is 20.2. The van der Waals surface area contributed by atoms with E-state index in [0.29, 0.717) is 30.0 Å². The zero-order valence-electron chi connectivity index (χ0n) is 16.7. The summed E-state index contributed by atoms with van der Waals surface area (Å²) in [6, 6.07) is 8.63. The molecular formula is C21H24ClFN6O. The first-order chi connectivity index (χ1) is 14.1. The molecule has 0 spiro atoms. The van der Waals surface area contributed by atoms with E-state index >= 15 is 0 Å². The molecule has 1 fully saturated rings. The second-order valence-corrected chi connectivity index (χ2v) is 7.22. The summed E-state index contributed by atoms with van der Waals surface area (Å²) in [5, 5.41) is 6.84. The number of aromatic amines is 1. The molecule has 30 heavy (non-hydrogen) atoms. The van der Waals surface area contributed by atoms with Crippen molar-refractivity contribution < 1.29 is 9.18 Å². The van der Waals surface area contributed by atoms with Crippen molar-refractivity contribution in [2.75, 3.05) is 31.1 Å². The molecule has 1 aromatic carbocycles. The van der Waals surface area contributed by atoms with E-state index < -0.39 is 0 Å². The molecule has 0 bridgehead atoms. The predicted molar refractivity (Wildman–Crippen MR) is 115 cm³/mol. The first kappa shape index (κ1) is 21.9. The van der Waals surface area contributed by atoms with Gasteiger partial charge in [0, 0.05) is 56.7 Å². The van der Waals surface area contributed by atoms with Gasteiger partial charge in [-0.15, -0.1) is 12.4 Å². The van der Waals surface area contributed by atoms with Gasteiger partial charge < -0.3 is 4.90 Å². The topological polar surface area (TPSA) is 78.0 Å². The van der Waals surface area contributed by atoms with Gasteiger partial charge in [0.2, 0.25) is 0 Å². The van der Waals surface area contributed by atoms with Crippen molar-refractivity contribution >= 4 is 23.9 Å². The van der Waals surface area contributed by atoms with Crippen LogP contribution in [0.25, 0.3) is 11.5 Å². The Morgan fingerprint density at radius 1 is 1.20 bits per heavy atom. The molecule has 7 nitrogen and oxygen atoms in total. The predicted octanol–water partition coefficient (Wildman–Crippen LogP) is 3.21. The van der Waals surface area contributed by atoms with Crippen LogP contribution in [0.3, 0.4) is 0 Å². The second-order valence-electron chi connectivity index (χ2n) is 7.22. The summed E-state index contributed by atoms with van der Waals surface area (Å²) in [5.74, 6) is 0.266. The zero-order valence-corrected chi connectivity index (χ0v) is 17.5. The van der Waals surface area contributed by atoms with E-state index in [2.05, 4.69) is 36.9 Å². The lowest BCUT2D eigenvalue weighted by Crippen LogP contribution is -2.52. The quantitative estimate of drug-likeness (QED) is 0.605. The number of anilines is 1. The number of carbonyl (C=O) groups excluding carboxylic acids is 1. The maximum atomic E-state index is 13.2. The van der Waals surface area contributed by atoms with Gasteiger partial charge in [0.15, 0.2) is 11.6 Å². The number of H-pyrrole nitrogens is 1. The molecule has 158 valence electrons. The number of rotatable bonds is 6. The molecule has 1 aliphatic rings. The number of hydrogen-bond acceptors (Lipinski definition) is 6. The van der Waals surface area contributed by atoms with Gasteiger partial charge in [-0.2, -0.15) is 5.10 Å². The summed E-state index contributed by atoms with van der Waals surface area (Å²) in [6.45, 7) is 5.38. The van der Waals surface area contributed by atoms with Crippen LogP contribution in [0.5, 0.6) is 0 Å². The molecule has 1 N–H and O–H groups in total. The minimum atomic E-state index is -0.224. The van der Waals surface area contributed by atoms with Gasteiger partial charge in [0.25, 0.3) is 0 Å². The van der Waals surface area contributed by atoms with Crippen LogP contribution in [-0.2, 0) is 0 Å². The molecular weight excluding hydrogens is 407 g/mol. The van der Waals surface area contributed by atoms with Crippen molar-refractivity contribution in [1.82, 2.24) is 25.1 Å². The highest BCUT2D eigenvalue weighted by molar-refractivity contribution is 6.00. The van der Waals surface area contributed by atoms with Crippen molar-refractivity contribution in [3.8, 4) is 11.5 Å². The lowest BCUT2D eigenvalue weighted by molar-refractivity contribution is 0.0959. The van der Waals surface area contributed by atoms with Gasteiger partial charge in [0.1, 0.15) is 11.5 Å². The third kappa shape index (κ3) is 4.83. The summed E-state index contributed by atoms with van der Waals surface area (Å²) in [4.78, 5) is 25.7. The van der Waals surface area contributed by atoms with Gasteiger partial charge in [0.05, 0.1) is 11.8 Å². The van der Waals surface area contributed by atoms with Gasteiger partial charge in [-0.3, -0.25) is 14.8 Å². The Balaban J connectivity index is 0.00000256. The molecule has 1 aliphatic heterocycles. The Hall–Kier alpha value is -2.84. The molecule has 0 amide bonds. The third-order valence-electron chi connectivity index (χ3n) is 5.25. The van der Waals surface area contributed by atoms with Crippen LogP contribution in [-0.4, -0.2) is 63.1 Å². The van der Waals surface area contributed by atoms with Crippen LogP contribution in [0.1, 0.15) is 23.7 Å². The highest BCUT2D eigenvalue weighted by Gasteiger charge is 2.25. The molecule has 0 saturated carbocycles. The Bertz CT molecular complexity index is 965. The van der Waals surface area contributed by atoms with E-state index in [9.17, 15) is 9.18 Å². The largest absolute Gasteiger partial charge is 0.366 e. The number of nitrogens with one attached hydrogen (secondary N) is 1. The smallest absolute Gasteiger partial charge is 0.178 e. The molecule has 1 unspecified atom stereocenters. The minimum absolute atomic E-state index is 0. The number of halogens is 2. The molecule has 4 rings (SSSR count). The van der Waals surface area contributed by atoms with Crippen molar-refractivity contribution in [2.45, 2.75) is 19.4 Å². The summed E-state index contributed by atoms with van der Waals surface area (Å²) in [5.41, 5.74) is 2.11. The molecule has 1 atom stereocenters. The Kier molecular flexibility index (Phi) is 7.12. The summed E-state index contributed by atoms with van der Waals surface area (Å²) in [6.07, 6.45) is 5.23. The fourth-order valence-electron chi connectivity index (χ4n) is 3.74.